The van der Waals surface area contributed by atoms with E-state index in [1.165, 1.54) is 17.0 Å². The predicted octanol–water partition coefficient (Wildman–Crippen LogP) is 3.71. The third-order valence-corrected chi connectivity index (χ3v) is 4.87. The maximum atomic E-state index is 14.1. The number of hydrogen-bond acceptors (Lipinski definition) is 4. The summed E-state index contributed by atoms with van der Waals surface area (Å²) >= 11 is 0. The Morgan fingerprint density at radius 2 is 2.00 bits per heavy atom. The van der Waals surface area contributed by atoms with E-state index in [0.717, 1.165) is 28.1 Å². The molecule has 164 valence electrons. The Bertz CT molecular complexity index is 1160. The average Bonchev–Trinajstić information content (AvgIpc) is 2.71. The zero-order chi connectivity index (χ0) is 22.5. The van der Waals surface area contributed by atoms with Crippen LogP contribution in [0, 0.1) is 19.7 Å². The predicted molar refractivity (Wildman–Crippen MR) is 118 cm³/mol. The van der Waals surface area contributed by atoms with Crippen molar-refractivity contribution < 1.29 is 19.0 Å². The summed E-state index contributed by atoms with van der Waals surface area (Å²) in [5.41, 5.74) is 3.10. The summed E-state index contributed by atoms with van der Waals surface area (Å²) in [6.07, 6.45) is 0. The largest absolute Gasteiger partial charge is 0.491 e. The van der Waals surface area contributed by atoms with Gasteiger partial charge in [0.15, 0.2) is 11.6 Å². The van der Waals surface area contributed by atoms with Gasteiger partial charge in [-0.2, -0.15) is 0 Å². The lowest BCUT2D eigenvalue weighted by molar-refractivity contribution is 0.185. The molecule has 0 spiro atoms. The smallest absolute Gasteiger partial charge is 0.322 e. The fourth-order valence-corrected chi connectivity index (χ4v) is 3.48. The standard InChI is InChI=1S/C23H26FN3O4/c1-4-31-20-6-5-18(12-19(20)24)25-23(30)27(7-8-28)13-17-11-16-10-14(2)9-15(3)21(16)26-22(17)29/h5-6,9-12,28H,4,7-8,13H2,1-3H3,(H,25,30)(H,26,29). The van der Waals surface area contributed by atoms with E-state index in [4.69, 9.17) is 4.74 Å². The topological polar surface area (TPSA) is 94.7 Å². The number of benzene rings is 2. The van der Waals surface area contributed by atoms with Crippen molar-refractivity contribution in [2.24, 2.45) is 0 Å². The van der Waals surface area contributed by atoms with Crippen LogP contribution in [0.25, 0.3) is 10.9 Å². The summed E-state index contributed by atoms with van der Waals surface area (Å²) < 4.78 is 19.2. The maximum Gasteiger partial charge on any atom is 0.322 e. The molecule has 0 aliphatic heterocycles. The van der Waals surface area contributed by atoms with Gasteiger partial charge in [-0.3, -0.25) is 4.79 Å². The van der Waals surface area contributed by atoms with Gasteiger partial charge >= 0.3 is 6.03 Å². The highest BCUT2D eigenvalue weighted by Gasteiger charge is 2.17. The summed E-state index contributed by atoms with van der Waals surface area (Å²) in [5, 5.41) is 12.9. The second-order valence-electron chi connectivity index (χ2n) is 7.32. The van der Waals surface area contributed by atoms with E-state index in [9.17, 15) is 19.1 Å². The molecule has 0 bridgehead atoms. The molecule has 8 heteroatoms. The van der Waals surface area contributed by atoms with Crippen molar-refractivity contribution in [1.82, 2.24) is 9.88 Å². The molecule has 31 heavy (non-hydrogen) atoms. The maximum absolute atomic E-state index is 14.1. The molecule has 0 fully saturated rings. The van der Waals surface area contributed by atoms with Crippen LogP contribution in [0.1, 0.15) is 23.6 Å². The summed E-state index contributed by atoms with van der Waals surface area (Å²) in [5.74, 6) is -0.494. The van der Waals surface area contributed by atoms with E-state index in [1.54, 1.807) is 13.0 Å². The molecule has 0 unspecified atom stereocenters. The molecule has 3 aromatic rings. The molecule has 0 saturated carbocycles. The van der Waals surface area contributed by atoms with Gasteiger partial charge in [0.25, 0.3) is 5.56 Å². The fraction of sp³-hybridized carbons (Fsp3) is 0.304. The van der Waals surface area contributed by atoms with E-state index in [-0.39, 0.29) is 36.7 Å². The number of carbonyl (C=O) groups is 1. The van der Waals surface area contributed by atoms with Crippen molar-refractivity contribution in [3.8, 4) is 5.75 Å². The van der Waals surface area contributed by atoms with Crippen LogP contribution < -0.4 is 15.6 Å². The Balaban J connectivity index is 1.84. The summed E-state index contributed by atoms with van der Waals surface area (Å²) in [6, 6.07) is 9.26. The molecule has 3 N–H and O–H groups in total. The molecule has 0 aliphatic rings. The number of aryl methyl sites for hydroxylation is 2. The number of nitrogens with one attached hydrogen (secondary N) is 2. The van der Waals surface area contributed by atoms with Gasteiger partial charge < -0.3 is 25.0 Å². The average molecular weight is 427 g/mol. The third kappa shape index (κ3) is 5.21. The van der Waals surface area contributed by atoms with Gasteiger partial charge in [-0.1, -0.05) is 11.6 Å². The van der Waals surface area contributed by atoms with Crippen molar-refractivity contribution in [1.29, 1.82) is 0 Å². The number of H-pyrrole nitrogens is 1. The van der Waals surface area contributed by atoms with Crippen LogP contribution in [0.3, 0.4) is 0 Å². The number of pyridine rings is 1. The number of ether oxygens (including phenoxy) is 1. The number of aliphatic hydroxyl groups is 1. The number of nitrogens with zero attached hydrogens (tertiary/aromatic N) is 1. The second kappa shape index (κ2) is 9.61. The second-order valence-corrected chi connectivity index (χ2v) is 7.32. The quantitative estimate of drug-likeness (QED) is 0.536. The van der Waals surface area contributed by atoms with Crippen molar-refractivity contribution in [3.05, 3.63) is 69.3 Å². The number of urea groups is 1. The minimum Gasteiger partial charge on any atom is -0.491 e. The van der Waals surface area contributed by atoms with Crippen LogP contribution in [0.15, 0.2) is 41.2 Å². The van der Waals surface area contributed by atoms with E-state index in [2.05, 4.69) is 10.3 Å². The van der Waals surface area contributed by atoms with E-state index >= 15 is 0 Å². The minimum absolute atomic E-state index is 0.00959. The molecule has 1 heterocycles. The van der Waals surface area contributed by atoms with E-state index in [1.807, 2.05) is 26.0 Å². The van der Waals surface area contributed by atoms with Gasteiger partial charge in [0.2, 0.25) is 0 Å². The highest BCUT2D eigenvalue weighted by Crippen LogP contribution is 2.22. The first-order chi connectivity index (χ1) is 14.8. The monoisotopic (exact) mass is 427 g/mol. The van der Waals surface area contributed by atoms with E-state index in [0.29, 0.717) is 12.2 Å². The van der Waals surface area contributed by atoms with Crippen LogP contribution in [0.2, 0.25) is 0 Å². The molecule has 0 saturated heterocycles. The Morgan fingerprint density at radius 1 is 1.23 bits per heavy atom. The lowest BCUT2D eigenvalue weighted by atomic mass is 10.1. The number of hydrogen-bond donors (Lipinski definition) is 3. The number of aliphatic hydroxyl groups excluding tert-OH is 1. The minimum atomic E-state index is -0.593. The number of fused-ring (bicyclic) bond motifs is 1. The SMILES string of the molecule is CCOc1ccc(NC(=O)N(CCO)Cc2cc3cc(C)cc(C)c3[nH]c2=O)cc1F. The first-order valence-electron chi connectivity index (χ1n) is 10.0. The zero-order valence-electron chi connectivity index (χ0n) is 17.8. The van der Waals surface area contributed by atoms with Crippen molar-refractivity contribution >= 4 is 22.6 Å². The number of aromatic nitrogens is 1. The number of anilines is 1. The summed E-state index contributed by atoms with van der Waals surface area (Å²) in [6.45, 7) is 5.69. The number of amides is 2. The number of halogens is 1. The normalized spacial score (nSPS) is 10.9. The highest BCUT2D eigenvalue weighted by molar-refractivity contribution is 5.89. The molecule has 2 aromatic carbocycles. The highest BCUT2D eigenvalue weighted by atomic mass is 19.1. The molecule has 0 aliphatic carbocycles. The molecular formula is C23H26FN3O4. The summed E-state index contributed by atoms with van der Waals surface area (Å²) in [4.78, 5) is 29.5. The first kappa shape index (κ1) is 22.3. The van der Waals surface area contributed by atoms with Crippen LogP contribution in [-0.4, -0.2) is 40.8 Å². The number of rotatable bonds is 7. The lowest BCUT2D eigenvalue weighted by Crippen LogP contribution is -2.38. The molecular weight excluding hydrogens is 401 g/mol. The molecule has 3 rings (SSSR count). The Hall–Kier alpha value is -3.39. The van der Waals surface area contributed by atoms with Crippen molar-refractivity contribution in [3.63, 3.8) is 0 Å². The molecule has 7 nitrogen and oxygen atoms in total. The Labute approximate surface area is 179 Å². The molecule has 2 amide bonds. The summed E-state index contributed by atoms with van der Waals surface area (Å²) in [7, 11) is 0. The third-order valence-electron chi connectivity index (χ3n) is 4.87. The lowest BCUT2D eigenvalue weighted by Gasteiger charge is -2.22. The number of aromatic amines is 1. The van der Waals surface area contributed by atoms with Gasteiger partial charge in [-0.25, -0.2) is 9.18 Å². The van der Waals surface area contributed by atoms with Gasteiger partial charge in [-0.15, -0.1) is 0 Å². The Morgan fingerprint density at radius 3 is 2.68 bits per heavy atom. The van der Waals surface area contributed by atoms with Crippen LogP contribution >= 0.6 is 0 Å². The van der Waals surface area contributed by atoms with Crippen LogP contribution in [-0.2, 0) is 6.54 Å². The van der Waals surface area contributed by atoms with Crippen LogP contribution in [0.4, 0.5) is 14.9 Å². The number of carbonyl (C=O) groups excluding carboxylic acids is 1. The molecule has 1 aromatic heterocycles. The van der Waals surface area contributed by atoms with Crippen molar-refractivity contribution in [2.45, 2.75) is 27.3 Å². The van der Waals surface area contributed by atoms with Crippen molar-refractivity contribution in [2.75, 3.05) is 25.1 Å². The van der Waals surface area contributed by atoms with Gasteiger partial charge in [-0.05, 0) is 56.0 Å². The van der Waals surface area contributed by atoms with E-state index < -0.39 is 11.8 Å². The fourth-order valence-electron chi connectivity index (χ4n) is 3.48. The van der Waals surface area contributed by atoms with Crippen LogP contribution in [0.5, 0.6) is 5.75 Å². The van der Waals surface area contributed by atoms with Gasteiger partial charge in [0.1, 0.15) is 0 Å². The van der Waals surface area contributed by atoms with Gasteiger partial charge in [0, 0.05) is 23.9 Å². The van der Waals surface area contributed by atoms with Gasteiger partial charge in [0.05, 0.1) is 25.3 Å². The first-order valence-corrected chi connectivity index (χ1v) is 10.0. The Kier molecular flexibility index (Phi) is 6.91. The molecule has 0 radical (unpaired) electrons. The molecule has 0 atom stereocenters. The zero-order valence-corrected chi connectivity index (χ0v) is 17.8.